The molecule has 0 aromatic heterocycles. The van der Waals surface area contributed by atoms with Gasteiger partial charge in [-0.05, 0) is 30.4 Å². The fraction of sp³-hybridized carbons (Fsp3) is 0.368. The Kier molecular flexibility index (Phi) is 4.19. The standard InChI is InChI=1S/C19H18N2O4S/c22-18(23)17-14-8-10-20-16-3-1-2-9-19(14,16)26-15(17)11-12-4-6-13(7-5-12)21(24)25/h1-7,9,14-15,17H,8,10-11H2,(H,22,23). The monoisotopic (exact) mass is 370 g/mol. The van der Waals surface area contributed by atoms with Crippen molar-refractivity contribution in [2.45, 2.75) is 22.8 Å². The first kappa shape index (κ1) is 17.0. The number of carboxylic acid groups (broad SMARTS) is 1. The van der Waals surface area contributed by atoms with Crippen LogP contribution in [-0.2, 0) is 11.2 Å². The van der Waals surface area contributed by atoms with Gasteiger partial charge in [-0.1, -0.05) is 30.4 Å². The van der Waals surface area contributed by atoms with E-state index in [-0.39, 0.29) is 21.6 Å². The lowest BCUT2D eigenvalue weighted by molar-refractivity contribution is -0.384. The predicted octanol–water partition coefficient (Wildman–Crippen LogP) is 3.28. The summed E-state index contributed by atoms with van der Waals surface area (Å²) < 4.78 is -0.360. The van der Waals surface area contributed by atoms with E-state index in [2.05, 4.69) is 11.1 Å². The molecule has 3 aliphatic rings. The third-order valence-corrected chi connectivity index (χ3v) is 7.23. The zero-order valence-electron chi connectivity index (χ0n) is 13.9. The third-order valence-electron chi connectivity index (χ3n) is 5.43. The number of rotatable bonds is 4. The minimum atomic E-state index is -0.768. The molecule has 2 aliphatic heterocycles. The Bertz CT molecular complexity index is 846. The number of non-ortho nitro benzene ring substituents is 1. The molecule has 1 aliphatic carbocycles. The summed E-state index contributed by atoms with van der Waals surface area (Å²) in [7, 11) is 0. The fourth-order valence-electron chi connectivity index (χ4n) is 4.29. The summed E-state index contributed by atoms with van der Waals surface area (Å²) in [5.41, 5.74) is 1.94. The van der Waals surface area contributed by atoms with Crippen molar-refractivity contribution in [3.63, 3.8) is 0 Å². The average Bonchev–Trinajstić information content (AvgIpc) is 2.94. The summed E-state index contributed by atoms with van der Waals surface area (Å²) in [5.74, 6) is -1.21. The number of carbonyl (C=O) groups is 1. The van der Waals surface area contributed by atoms with E-state index in [0.29, 0.717) is 13.0 Å². The normalized spacial score (nSPS) is 31.8. The molecule has 26 heavy (non-hydrogen) atoms. The van der Waals surface area contributed by atoms with Crippen molar-refractivity contribution in [3.05, 3.63) is 64.2 Å². The lowest BCUT2D eigenvalue weighted by Gasteiger charge is -2.37. The van der Waals surface area contributed by atoms with Crippen molar-refractivity contribution in [3.8, 4) is 0 Å². The molecule has 1 fully saturated rings. The number of thioether (sulfide) groups is 1. The van der Waals surface area contributed by atoms with Gasteiger partial charge in [0.2, 0.25) is 0 Å². The molecule has 134 valence electrons. The topological polar surface area (TPSA) is 92.8 Å². The first-order chi connectivity index (χ1) is 12.5. The highest BCUT2D eigenvalue weighted by atomic mass is 32.2. The molecule has 0 bridgehead atoms. The first-order valence-corrected chi connectivity index (χ1v) is 9.44. The van der Waals surface area contributed by atoms with Crippen molar-refractivity contribution in [1.29, 1.82) is 0 Å². The van der Waals surface area contributed by atoms with Gasteiger partial charge in [0.1, 0.15) is 0 Å². The average molecular weight is 370 g/mol. The molecular weight excluding hydrogens is 352 g/mol. The number of aliphatic carboxylic acids is 1. The molecule has 2 heterocycles. The Labute approximate surface area is 154 Å². The van der Waals surface area contributed by atoms with Crippen molar-refractivity contribution in [1.82, 2.24) is 0 Å². The van der Waals surface area contributed by atoms with Crippen LogP contribution in [0.5, 0.6) is 0 Å². The smallest absolute Gasteiger partial charge is 0.307 e. The number of allylic oxidation sites excluding steroid dienone is 3. The Hall–Kier alpha value is -2.41. The van der Waals surface area contributed by atoms with E-state index < -0.39 is 16.8 Å². The molecule has 1 N–H and O–H groups in total. The van der Waals surface area contributed by atoms with Crippen LogP contribution in [0.15, 0.2) is 53.6 Å². The number of hydrogen-bond acceptors (Lipinski definition) is 5. The number of benzene rings is 1. The first-order valence-electron chi connectivity index (χ1n) is 8.56. The number of nitro benzene ring substituents is 1. The van der Waals surface area contributed by atoms with Crippen LogP contribution < -0.4 is 0 Å². The largest absolute Gasteiger partial charge is 0.481 e. The lowest BCUT2D eigenvalue weighted by Crippen LogP contribution is -2.44. The minimum Gasteiger partial charge on any atom is -0.481 e. The van der Waals surface area contributed by atoms with Gasteiger partial charge in [-0.25, -0.2) is 0 Å². The van der Waals surface area contributed by atoms with Gasteiger partial charge in [-0.2, -0.15) is 0 Å². The molecule has 4 unspecified atom stereocenters. The summed E-state index contributed by atoms with van der Waals surface area (Å²) in [6.45, 7) is 0.661. The minimum absolute atomic E-state index is 0.0155. The van der Waals surface area contributed by atoms with E-state index >= 15 is 0 Å². The van der Waals surface area contributed by atoms with Gasteiger partial charge in [0.15, 0.2) is 0 Å². The van der Waals surface area contributed by atoms with Crippen LogP contribution in [0.4, 0.5) is 5.69 Å². The van der Waals surface area contributed by atoms with Gasteiger partial charge < -0.3 is 5.11 Å². The van der Waals surface area contributed by atoms with Crippen molar-refractivity contribution >= 4 is 29.1 Å². The van der Waals surface area contributed by atoms with E-state index in [9.17, 15) is 20.0 Å². The van der Waals surface area contributed by atoms with E-state index in [4.69, 9.17) is 0 Å². The quantitative estimate of drug-likeness (QED) is 0.648. The Morgan fingerprint density at radius 3 is 2.81 bits per heavy atom. The Morgan fingerprint density at radius 2 is 2.12 bits per heavy atom. The molecule has 0 radical (unpaired) electrons. The van der Waals surface area contributed by atoms with Crippen molar-refractivity contribution in [2.24, 2.45) is 16.8 Å². The summed E-state index contributed by atoms with van der Waals surface area (Å²) in [5, 5.41) is 20.6. The van der Waals surface area contributed by atoms with Gasteiger partial charge in [-0.3, -0.25) is 19.9 Å². The van der Waals surface area contributed by atoms with Crippen LogP contribution in [0.25, 0.3) is 0 Å². The zero-order chi connectivity index (χ0) is 18.3. The summed E-state index contributed by atoms with van der Waals surface area (Å²) in [6.07, 6.45) is 9.37. The van der Waals surface area contributed by atoms with E-state index in [1.54, 1.807) is 23.9 Å². The molecule has 1 aromatic carbocycles. The summed E-state index contributed by atoms with van der Waals surface area (Å²) in [6, 6.07) is 6.41. The maximum Gasteiger partial charge on any atom is 0.307 e. The van der Waals surface area contributed by atoms with Gasteiger partial charge in [0, 0.05) is 23.9 Å². The maximum absolute atomic E-state index is 12.1. The molecular formula is C19H18N2O4S. The van der Waals surface area contributed by atoms with Crippen molar-refractivity contribution in [2.75, 3.05) is 6.54 Å². The molecule has 1 spiro atoms. The Balaban J connectivity index is 1.65. The van der Waals surface area contributed by atoms with E-state index in [0.717, 1.165) is 17.7 Å². The van der Waals surface area contributed by atoms with Crippen LogP contribution in [-0.4, -0.2) is 38.3 Å². The third kappa shape index (κ3) is 2.67. The number of nitro groups is 1. The molecule has 0 amide bonds. The van der Waals surface area contributed by atoms with Gasteiger partial charge in [0.25, 0.3) is 5.69 Å². The number of nitrogens with zero attached hydrogens (tertiary/aromatic N) is 2. The van der Waals surface area contributed by atoms with Crippen LogP contribution in [0.2, 0.25) is 0 Å². The molecule has 6 nitrogen and oxygen atoms in total. The SMILES string of the molecule is O=C(O)C1C(Cc2ccc([N+](=O)[O-])cc2)SC23C=CC=CC2=NCCC13. The van der Waals surface area contributed by atoms with Crippen LogP contribution in [0.1, 0.15) is 12.0 Å². The number of aliphatic imine (C=N–C) groups is 1. The van der Waals surface area contributed by atoms with Gasteiger partial charge in [-0.15, -0.1) is 11.8 Å². The molecule has 1 saturated heterocycles. The second kappa shape index (κ2) is 6.39. The fourth-order valence-corrected chi connectivity index (χ4v) is 6.37. The van der Waals surface area contributed by atoms with Crippen molar-refractivity contribution < 1.29 is 14.8 Å². The van der Waals surface area contributed by atoms with Crippen LogP contribution in [0.3, 0.4) is 0 Å². The predicted molar refractivity (Wildman–Crippen MR) is 101 cm³/mol. The second-order valence-corrected chi connectivity index (χ2v) is 8.34. The highest BCUT2D eigenvalue weighted by Gasteiger charge is 2.58. The van der Waals surface area contributed by atoms with Gasteiger partial charge in [0.05, 0.1) is 21.3 Å². The molecule has 0 saturated carbocycles. The van der Waals surface area contributed by atoms with Crippen LogP contribution >= 0.6 is 11.8 Å². The lowest BCUT2D eigenvalue weighted by atomic mass is 9.72. The molecule has 4 rings (SSSR count). The maximum atomic E-state index is 12.1. The highest BCUT2D eigenvalue weighted by Crippen LogP contribution is 2.57. The number of carboxylic acids is 1. The summed E-state index contributed by atoms with van der Waals surface area (Å²) in [4.78, 5) is 27.1. The number of hydrogen-bond donors (Lipinski definition) is 1. The second-order valence-electron chi connectivity index (χ2n) is 6.82. The van der Waals surface area contributed by atoms with Crippen LogP contribution in [0, 0.1) is 22.0 Å². The summed E-state index contributed by atoms with van der Waals surface area (Å²) >= 11 is 1.68. The van der Waals surface area contributed by atoms with E-state index in [1.165, 1.54) is 12.1 Å². The molecule has 1 aromatic rings. The molecule has 7 heteroatoms. The zero-order valence-corrected chi connectivity index (χ0v) is 14.8. The van der Waals surface area contributed by atoms with Gasteiger partial charge >= 0.3 is 5.97 Å². The Morgan fingerprint density at radius 1 is 1.35 bits per heavy atom. The molecule has 4 atom stereocenters. The highest BCUT2D eigenvalue weighted by molar-refractivity contribution is 8.02. The van der Waals surface area contributed by atoms with E-state index in [1.807, 2.05) is 18.2 Å².